The molecule has 2 N–H and O–H groups in total. The molecule has 28 heavy (non-hydrogen) atoms. The molecule has 0 unspecified atom stereocenters. The number of hydrogen-bond donors (Lipinski definition) is 2. The topological polar surface area (TPSA) is 93.3 Å². The number of benzene rings is 2. The van der Waals surface area contributed by atoms with E-state index in [0.717, 1.165) is 5.52 Å². The van der Waals surface area contributed by atoms with Gasteiger partial charge in [-0.3, -0.25) is 14.2 Å². The van der Waals surface area contributed by atoms with Crippen molar-refractivity contribution in [1.29, 1.82) is 0 Å². The summed E-state index contributed by atoms with van der Waals surface area (Å²) in [5, 5.41) is 5.61. The lowest BCUT2D eigenvalue weighted by atomic mass is 10.2. The number of fused-ring (bicyclic) bond motifs is 1. The van der Waals surface area contributed by atoms with Gasteiger partial charge in [0.25, 0.3) is 0 Å². The van der Waals surface area contributed by atoms with Gasteiger partial charge in [-0.1, -0.05) is 26.0 Å². The minimum absolute atomic E-state index is 0.0567. The van der Waals surface area contributed by atoms with Crippen LogP contribution in [0.15, 0.2) is 57.7 Å². The van der Waals surface area contributed by atoms with Gasteiger partial charge in [0.1, 0.15) is 0 Å². The van der Waals surface area contributed by atoms with Crippen molar-refractivity contribution in [1.82, 2.24) is 4.57 Å². The SMILES string of the molecule is CC(C)C(=O)Nc1ccc(NC(=O)CCCn2c(=O)oc3ccccc32)cc1. The summed E-state index contributed by atoms with van der Waals surface area (Å²) in [5.41, 5.74) is 2.61. The third-order valence-corrected chi connectivity index (χ3v) is 4.32. The van der Waals surface area contributed by atoms with Crippen molar-refractivity contribution in [3.63, 3.8) is 0 Å². The van der Waals surface area contributed by atoms with Crippen LogP contribution in [0, 0.1) is 5.92 Å². The molecule has 0 fully saturated rings. The quantitative estimate of drug-likeness (QED) is 0.654. The Bertz CT molecular complexity index is 1030. The summed E-state index contributed by atoms with van der Waals surface area (Å²) >= 11 is 0. The van der Waals surface area contributed by atoms with Crippen molar-refractivity contribution in [3.8, 4) is 0 Å². The van der Waals surface area contributed by atoms with E-state index < -0.39 is 5.76 Å². The molecule has 0 aliphatic rings. The predicted molar refractivity (Wildman–Crippen MR) is 108 cm³/mol. The number of anilines is 2. The lowest BCUT2D eigenvalue weighted by molar-refractivity contribution is -0.119. The number of hydrogen-bond acceptors (Lipinski definition) is 4. The molecule has 7 heteroatoms. The maximum Gasteiger partial charge on any atom is 0.419 e. The minimum Gasteiger partial charge on any atom is -0.408 e. The van der Waals surface area contributed by atoms with Gasteiger partial charge in [-0.25, -0.2) is 4.79 Å². The summed E-state index contributed by atoms with van der Waals surface area (Å²) in [6.45, 7) is 4.05. The maximum absolute atomic E-state index is 12.1. The monoisotopic (exact) mass is 381 g/mol. The second-order valence-corrected chi connectivity index (χ2v) is 6.86. The summed E-state index contributed by atoms with van der Waals surface area (Å²) in [6, 6.07) is 14.2. The molecule has 0 aliphatic carbocycles. The fourth-order valence-electron chi connectivity index (χ4n) is 2.77. The number of aryl methyl sites for hydroxylation is 1. The Balaban J connectivity index is 1.51. The fourth-order valence-corrected chi connectivity index (χ4v) is 2.77. The Kier molecular flexibility index (Phi) is 5.93. The molecule has 0 spiro atoms. The lowest BCUT2D eigenvalue weighted by Gasteiger charge is -2.09. The van der Waals surface area contributed by atoms with Gasteiger partial charge in [-0.05, 0) is 42.8 Å². The number of carbonyl (C=O) groups is 2. The van der Waals surface area contributed by atoms with Crippen LogP contribution in [0.1, 0.15) is 26.7 Å². The first kappa shape index (κ1) is 19.4. The number of nitrogens with one attached hydrogen (secondary N) is 2. The molecular formula is C21H23N3O4. The van der Waals surface area contributed by atoms with Crippen LogP contribution in [0.25, 0.3) is 11.1 Å². The zero-order valence-corrected chi connectivity index (χ0v) is 15.9. The molecule has 146 valence electrons. The molecule has 3 aromatic rings. The summed E-state index contributed by atoms with van der Waals surface area (Å²) in [4.78, 5) is 35.8. The van der Waals surface area contributed by atoms with Crippen LogP contribution in [0.2, 0.25) is 0 Å². The largest absolute Gasteiger partial charge is 0.419 e. The first-order chi connectivity index (χ1) is 13.4. The summed E-state index contributed by atoms with van der Waals surface area (Å²) < 4.78 is 6.72. The van der Waals surface area contributed by atoms with E-state index >= 15 is 0 Å². The van der Waals surface area contributed by atoms with Gasteiger partial charge in [0, 0.05) is 30.3 Å². The molecule has 2 amide bonds. The van der Waals surface area contributed by atoms with Crippen molar-refractivity contribution in [2.75, 3.05) is 10.6 Å². The van der Waals surface area contributed by atoms with Gasteiger partial charge in [0.05, 0.1) is 5.52 Å². The van der Waals surface area contributed by atoms with Crippen LogP contribution in [0.3, 0.4) is 0 Å². The molecule has 3 rings (SSSR count). The predicted octanol–water partition coefficient (Wildman–Crippen LogP) is 3.61. The van der Waals surface area contributed by atoms with Gasteiger partial charge in [-0.2, -0.15) is 0 Å². The van der Waals surface area contributed by atoms with Gasteiger partial charge in [0.15, 0.2) is 5.58 Å². The second-order valence-electron chi connectivity index (χ2n) is 6.86. The average Bonchev–Trinajstić information content (AvgIpc) is 2.98. The molecule has 0 bridgehead atoms. The van der Waals surface area contributed by atoms with Crippen LogP contribution >= 0.6 is 0 Å². The minimum atomic E-state index is -0.416. The van der Waals surface area contributed by atoms with Crippen LogP contribution < -0.4 is 16.4 Å². The number of rotatable bonds is 7. The third kappa shape index (κ3) is 4.68. The van der Waals surface area contributed by atoms with Crippen LogP contribution in [0.5, 0.6) is 0 Å². The highest BCUT2D eigenvalue weighted by Crippen LogP contribution is 2.16. The van der Waals surface area contributed by atoms with Crippen molar-refractivity contribution in [2.45, 2.75) is 33.2 Å². The number of nitrogens with zero attached hydrogens (tertiary/aromatic N) is 1. The lowest BCUT2D eigenvalue weighted by Crippen LogP contribution is -2.18. The zero-order chi connectivity index (χ0) is 20.1. The van der Waals surface area contributed by atoms with Crippen LogP contribution in [-0.2, 0) is 16.1 Å². The van der Waals surface area contributed by atoms with Crippen molar-refractivity contribution in [3.05, 3.63) is 59.1 Å². The van der Waals surface area contributed by atoms with Gasteiger partial charge < -0.3 is 15.1 Å². The molecule has 7 nitrogen and oxygen atoms in total. The van der Waals surface area contributed by atoms with E-state index in [-0.39, 0.29) is 24.2 Å². The van der Waals surface area contributed by atoms with Crippen LogP contribution in [0.4, 0.5) is 11.4 Å². The molecule has 2 aromatic carbocycles. The molecule has 0 radical (unpaired) electrons. The molecule has 0 saturated carbocycles. The molecule has 1 heterocycles. The number of aromatic nitrogens is 1. The summed E-state index contributed by atoms with van der Waals surface area (Å²) in [5.74, 6) is -0.710. The molecule has 0 aliphatic heterocycles. The molecule has 1 aromatic heterocycles. The van der Waals surface area contributed by atoms with E-state index in [2.05, 4.69) is 10.6 Å². The highest BCUT2D eigenvalue weighted by molar-refractivity contribution is 5.93. The van der Waals surface area contributed by atoms with E-state index in [1.165, 1.54) is 4.57 Å². The van der Waals surface area contributed by atoms with E-state index in [1.807, 2.05) is 32.0 Å². The number of carbonyl (C=O) groups excluding carboxylic acids is 2. The summed E-state index contributed by atoms with van der Waals surface area (Å²) in [6.07, 6.45) is 0.787. The number of oxazole rings is 1. The van der Waals surface area contributed by atoms with E-state index in [1.54, 1.807) is 30.3 Å². The molecule has 0 saturated heterocycles. The van der Waals surface area contributed by atoms with E-state index in [4.69, 9.17) is 4.42 Å². The molecular weight excluding hydrogens is 358 g/mol. The fraction of sp³-hybridized carbons (Fsp3) is 0.286. The Labute approximate surface area is 162 Å². The zero-order valence-electron chi connectivity index (χ0n) is 15.9. The van der Waals surface area contributed by atoms with Gasteiger partial charge in [-0.15, -0.1) is 0 Å². The van der Waals surface area contributed by atoms with Gasteiger partial charge >= 0.3 is 5.76 Å². The Hall–Kier alpha value is -3.35. The maximum atomic E-state index is 12.1. The first-order valence-electron chi connectivity index (χ1n) is 9.23. The highest BCUT2D eigenvalue weighted by atomic mass is 16.4. The standard InChI is InChI=1S/C21H23N3O4/c1-14(2)20(26)23-16-11-9-15(10-12-16)22-19(25)8-5-13-24-17-6-3-4-7-18(17)28-21(24)27/h3-4,6-7,9-12,14H,5,8,13H2,1-2H3,(H,22,25)(H,23,26). The second kappa shape index (κ2) is 8.56. The Morgan fingerprint density at radius 1 is 1.00 bits per heavy atom. The highest BCUT2D eigenvalue weighted by Gasteiger charge is 2.10. The van der Waals surface area contributed by atoms with Crippen molar-refractivity contribution < 1.29 is 14.0 Å². The van der Waals surface area contributed by atoms with Gasteiger partial charge in [0.2, 0.25) is 11.8 Å². The molecule has 0 atom stereocenters. The van der Waals surface area contributed by atoms with E-state index in [9.17, 15) is 14.4 Å². The van der Waals surface area contributed by atoms with E-state index in [0.29, 0.717) is 29.9 Å². The average molecular weight is 381 g/mol. The summed E-state index contributed by atoms with van der Waals surface area (Å²) in [7, 11) is 0. The van der Waals surface area contributed by atoms with Crippen LogP contribution in [-0.4, -0.2) is 16.4 Å². The van der Waals surface area contributed by atoms with Crippen molar-refractivity contribution in [2.24, 2.45) is 5.92 Å². The first-order valence-corrected chi connectivity index (χ1v) is 9.23. The number of amides is 2. The Morgan fingerprint density at radius 3 is 2.32 bits per heavy atom. The Morgan fingerprint density at radius 2 is 1.64 bits per heavy atom. The van der Waals surface area contributed by atoms with Crippen molar-refractivity contribution >= 4 is 34.3 Å². The third-order valence-electron chi connectivity index (χ3n) is 4.32. The normalized spacial score (nSPS) is 11.0. The smallest absolute Gasteiger partial charge is 0.408 e. The number of para-hydroxylation sites is 2.